The van der Waals surface area contributed by atoms with Crippen LogP contribution >= 0.6 is 15.9 Å². The maximum absolute atomic E-state index is 13.3. The van der Waals surface area contributed by atoms with Gasteiger partial charge >= 0.3 is 0 Å². The molecule has 0 saturated carbocycles. The van der Waals surface area contributed by atoms with Gasteiger partial charge in [-0.05, 0) is 34.1 Å². The summed E-state index contributed by atoms with van der Waals surface area (Å²) < 4.78 is 32.0. The lowest BCUT2D eigenvalue weighted by atomic mass is 10.2. The first-order valence-electron chi connectivity index (χ1n) is 5.18. The quantitative estimate of drug-likeness (QED) is 0.873. The van der Waals surface area contributed by atoms with Crippen molar-refractivity contribution >= 4 is 21.6 Å². The van der Waals surface area contributed by atoms with Crippen LogP contribution in [-0.4, -0.2) is 0 Å². The van der Waals surface area contributed by atoms with Crippen molar-refractivity contribution in [1.82, 2.24) is 0 Å². The minimum atomic E-state index is -0.727. The third kappa shape index (κ3) is 2.79. The Hall–Kier alpha value is -1.62. The van der Waals surface area contributed by atoms with Gasteiger partial charge in [0.1, 0.15) is 12.4 Å². The van der Waals surface area contributed by atoms with Crippen molar-refractivity contribution in [2.24, 2.45) is 0 Å². The van der Waals surface area contributed by atoms with Crippen LogP contribution in [0, 0.1) is 11.6 Å². The number of nitrogen functional groups attached to an aromatic ring is 1. The molecule has 0 aromatic heterocycles. The maximum Gasteiger partial charge on any atom is 0.167 e. The molecule has 18 heavy (non-hydrogen) atoms. The summed E-state index contributed by atoms with van der Waals surface area (Å²) >= 11 is 3.33. The van der Waals surface area contributed by atoms with E-state index >= 15 is 0 Å². The Kier molecular flexibility index (Phi) is 3.81. The normalized spacial score (nSPS) is 10.4. The van der Waals surface area contributed by atoms with Crippen molar-refractivity contribution in [3.63, 3.8) is 0 Å². The van der Waals surface area contributed by atoms with E-state index in [1.54, 1.807) is 12.1 Å². The second kappa shape index (κ2) is 5.35. The zero-order chi connectivity index (χ0) is 13.1. The lowest BCUT2D eigenvalue weighted by Gasteiger charge is -2.10. The molecule has 0 atom stereocenters. The highest BCUT2D eigenvalue weighted by molar-refractivity contribution is 9.10. The monoisotopic (exact) mass is 313 g/mol. The van der Waals surface area contributed by atoms with Crippen molar-refractivity contribution in [2.45, 2.75) is 6.61 Å². The number of ether oxygens (including phenoxy) is 1. The molecule has 0 aliphatic carbocycles. The molecule has 5 heteroatoms. The van der Waals surface area contributed by atoms with Crippen molar-refractivity contribution < 1.29 is 13.5 Å². The van der Waals surface area contributed by atoms with Gasteiger partial charge in [-0.1, -0.05) is 12.1 Å². The zero-order valence-corrected chi connectivity index (χ0v) is 10.9. The van der Waals surface area contributed by atoms with E-state index in [0.717, 1.165) is 17.7 Å². The lowest BCUT2D eigenvalue weighted by Crippen LogP contribution is -2.00. The second-order valence-electron chi connectivity index (χ2n) is 3.68. The van der Waals surface area contributed by atoms with Gasteiger partial charge in [-0.15, -0.1) is 0 Å². The Morgan fingerprint density at radius 3 is 2.67 bits per heavy atom. The molecule has 0 aliphatic rings. The van der Waals surface area contributed by atoms with Gasteiger partial charge in [-0.2, -0.15) is 0 Å². The largest absolute Gasteiger partial charge is 0.486 e. The highest BCUT2D eigenvalue weighted by Gasteiger charge is 2.07. The van der Waals surface area contributed by atoms with E-state index in [4.69, 9.17) is 10.5 Å². The van der Waals surface area contributed by atoms with Gasteiger partial charge in [-0.3, -0.25) is 0 Å². The van der Waals surface area contributed by atoms with Gasteiger partial charge in [0.05, 0.1) is 0 Å². The number of rotatable bonds is 3. The fourth-order valence-electron chi connectivity index (χ4n) is 1.46. The van der Waals surface area contributed by atoms with E-state index in [9.17, 15) is 8.78 Å². The Balaban J connectivity index is 2.14. The first-order valence-corrected chi connectivity index (χ1v) is 5.98. The summed E-state index contributed by atoms with van der Waals surface area (Å²) in [5.74, 6) is -1.36. The van der Waals surface area contributed by atoms with Crippen molar-refractivity contribution in [2.75, 3.05) is 5.73 Å². The van der Waals surface area contributed by atoms with E-state index in [1.165, 1.54) is 6.07 Å². The number of benzene rings is 2. The minimum Gasteiger partial charge on any atom is -0.486 e. The smallest absolute Gasteiger partial charge is 0.167 e. The molecule has 0 amide bonds. The Morgan fingerprint density at radius 1 is 1.17 bits per heavy atom. The van der Waals surface area contributed by atoms with Crippen LogP contribution in [0.2, 0.25) is 0 Å². The number of hydrogen-bond acceptors (Lipinski definition) is 2. The molecule has 0 heterocycles. The molecular weight excluding hydrogens is 304 g/mol. The highest BCUT2D eigenvalue weighted by Crippen LogP contribution is 2.26. The molecule has 2 N–H and O–H groups in total. The molecule has 2 nitrogen and oxygen atoms in total. The number of hydrogen-bond donors (Lipinski definition) is 1. The predicted octanol–water partition coefficient (Wildman–Crippen LogP) is 3.89. The van der Waals surface area contributed by atoms with Crippen LogP contribution in [0.3, 0.4) is 0 Å². The van der Waals surface area contributed by atoms with Gasteiger partial charge in [0.2, 0.25) is 0 Å². The standard InChI is InChI=1S/C13H10BrF2NO/c14-13-8(2-1-3-11(13)17)7-18-12-5-4-9(15)6-10(12)16/h1-6H,7,17H2. The van der Waals surface area contributed by atoms with E-state index in [2.05, 4.69) is 15.9 Å². The summed E-state index contributed by atoms with van der Waals surface area (Å²) in [5, 5.41) is 0. The van der Waals surface area contributed by atoms with Crippen molar-refractivity contribution in [3.8, 4) is 5.75 Å². The molecule has 0 aliphatic heterocycles. The fourth-order valence-corrected chi connectivity index (χ4v) is 1.84. The maximum atomic E-state index is 13.3. The highest BCUT2D eigenvalue weighted by atomic mass is 79.9. The van der Waals surface area contributed by atoms with E-state index in [-0.39, 0.29) is 12.4 Å². The molecule has 0 radical (unpaired) electrons. The van der Waals surface area contributed by atoms with Gasteiger partial charge < -0.3 is 10.5 Å². The van der Waals surface area contributed by atoms with Gasteiger partial charge in [0.15, 0.2) is 11.6 Å². The van der Waals surface area contributed by atoms with Crippen LogP contribution in [0.5, 0.6) is 5.75 Å². The van der Waals surface area contributed by atoms with Gasteiger partial charge in [-0.25, -0.2) is 8.78 Å². The average Bonchev–Trinajstić information content (AvgIpc) is 2.33. The van der Waals surface area contributed by atoms with Crippen LogP contribution in [0.4, 0.5) is 14.5 Å². The Labute approximate surface area is 112 Å². The van der Waals surface area contributed by atoms with Crippen LogP contribution < -0.4 is 10.5 Å². The molecule has 0 bridgehead atoms. The van der Waals surface area contributed by atoms with E-state index in [1.807, 2.05) is 6.07 Å². The summed E-state index contributed by atoms with van der Waals surface area (Å²) in [6.07, 6.45) is 0. The topological polar surface area (TPSA) is 35.2 Å². The third-order valence-corrected chi connectivity index (χ3v) is 3.35. The molecule has 2 aromatic carbocycles. The van der Waals surface area contributed by atoms with Crippen molar-refractivity contribution in [1.29, 1.82) is 0 Å². The van der Waals surface area contributed by atoms with Crippen molar-refractivity contribution in [3.05, 3.63) is 58.1 Å². The SMILES string of the molecule is Nc1cccc(COc2ccc(F)cc2F)c1Br. The Bertz CT molecular complexity index is 575. The van der Waals surface area contributed by atoms with Gasteiger partial charge in [0.25, 0.3) is 0 Å². The molecule has 0 saturated heterocycles. The molecule has 94 valence electrons. The summed E-state index contributed by atoms with van der Waals surface area (Å²) in [6, 6.07) is 8.51. The number of halogens is 3. The summed E-state index contributed by atoms with van der Waals surface area (Å²) in [6.45, 7) is 0.147. The predicted molar refractivity (Wildman–Crippen MR) is 69.2 cm³/mol. The molecule has 0 fully saturated rings. The molecule has 2 rings (SSSR count). The van der Waals surface area contributed by atoms with Gasteiger partial charge in [0, 0.05) is 21.8 Å². The fraction of sp³-hybridized carbons (Fsp3) is 0.0769. The average molecular weight is 314 g/mol. The van der Waals surface area contributed by atoms with Crippen LogP contribution in [0.25, 0.3) is 0 Å². The zero-order valence-electron chi connectivity index (χ0n) is 9.29. The molecule has 2 aromatic rings. The first-order chi connectivity index (χ1) is 8.58. The molecule has 0 spiro atoms. The van der Waals surface area contributed by atoms with Crippen LogP contribution in [-0.2, 0) is 6.61 Å². The number of anilines is 1. The summed E-state index contributed by atoms with van der Waals surface area (Å²) in [5.41, 5.74) is 7.08. The van der Waals surface area contributed by atoms with Crippen LogP contribution in [0.1, 0.15) is 5.56 Å². The summed E-state index contributed by atoms with van der Waals surface area (Å²) in [7, 11) is 0. The second-order valence-corrected chi connectivity index (χ2v) is 4.48. The van der Waals surface area contributed by atoms with E-state index < -0.39 is 11.6 Å². The van der Waals surface area contributed by atoms with Crippen LogP contribution in [0.15, 0.2) is 40.9 Å². The minimum absolute atomic E-state index is 0.00530. The van der Waals surface area contributed by atoms with E-state index in [0.29, 0.717) is 10.2 Å². The molecular formula is C13H10BrF2NO. The lowest BCUT2D eigenvalue weighted by molar-refractivity contribution is 0.288. The number of nitrogens with two attached hydrogens (primary N) is 1. The first kappa shape index (κ1) is 12.8. The third-order valence-electron chi connectivity index (χ3n) is 2.39. The molecule has 0 unspecified atom stereocenters. The summed E-state index contributed by atoms with van der Waals surface area (Å²) in [4.78, 5) is 0. The Morgan fingerprint density at radius 2 is 1.94 bits per heavy atom.